The summed E-state index contributed by atoms with van der Waals surface area (Å²) in [7, 11) is 0. The van der Waals surface area contributed by atoms with Crippen molar-refractivity contribution in [1.82, 2.24) is 0 Å². The minimum absolute atomic E-state index is 0.327. The van der Waals surface area contributed by atoms with Crippen molar-refractivity contribution >= 4 is 11.1 Å². The van der Waals surface area contributed by atoms with Gasteiger partial charge in [0.25, 0.3) is 0 Å². The van der Waals surface area contributed by atoms with E-state index < -0.39 is 11.1 Å². The Morgan fingerprint density at radius 2 is 2.00 bits per heavy atom. The maximum absolute atomic E-state index is 10.8. The maximum atomic E-state index is 10.8. The molecule has 2 unspecified atom stereocenters. The van der Waals surface area contributed by atoms with Crippen LogP contribution in [0.25, 0.3) is 0 Å². The first-order valence-corrected chi connectivity index (χ1v) is 7.21. The summed E-state index contributed by atoms with van der Waals surface area (Å²) >= 11 is -2.16. The molecule has 0 aliphatic rings. The van der Waals surface area contributed by atoms with Crippen molar-refractivity contribution in [3.63, 3.8) is 0 Å². The second-order valence-corrected chi connectivity index (χ2v) is 4.51. The first-order valence-electron chi connectivity index (χ1n) is 6.13. The van der Waals surface area contributed by atoms with Gasteiger partial charge in [-0.1, -0.05) is 52.8 Å². The lowest BCUT2D eigenvalue weighted by atomic mass is 9.98. The molecule has 2 nitrogen and oxygen atoms in total. The molecule has 3 heteroatoms. The lowest BCUT2D eigenvalue weighted by Crippen LogP contribution is -1.96. The van der Waals surface area contributed by atoms with E-state index in [1.54, 1.807) is 25.2 Å². The van der Waals surface area contributed by atoms with Crippen LogP contribution in [0.5, 0.6) is 0 Å². The smallest absolute Gasteiger partial charge is 0.0208 e. The SMILES string of the molecule is C=C/C(=C\C(=C/C)S(=O)[O-])CC(C)CC.CC. The zero-order chi connectivity index (χ0) is 13.8. The average Bonchev–Trinajstić information content (AvgIpc) is 2.35. The first-order chi connectivity index (χ1) is 8.04. The lowest BCUT2D eigenvalue weighted by molar-refractivity contribution is 0.544. The van der Waals surface area contributed by atoms with E-state index in [1.807, 2.05) is 13.8 Å². The predicted octanol–water partition coefficient (Wildman–Crippen LogP) is 4.34. The van der Waals surface area contributed by atoms with E-state index in [4.69, 9.17) is 0 Å². The molecule has 0 bridgehead atoms. The highest BCUT2D eigenvalue weighted by atomic mass is 32.2. The summed E-state index contributed by atoms with van der Waals surface area (Å²) in [4.78, 5) is 0.327. The first kappa shape index (κ1) is 18.7. The standard InChI is InChI=1S/C12H20O2S.C2H6/c1-5-10(4)8-11(6-2)9-12(7-3)15(13)14;1-2/h6-7,9-10H,2,5,8H2,1,3-4H3,(H,13,14);1-2H3/p-1/b11-9+,12-7+;. The van der Waals surface area contributed by atoms with Crippen LogP contribution in [-0.4, -0.2) is 8.76 Å². The highest BCUT2D eigenvalue weighted by molar-refractivity contribution is 7.83. The molecule has 17 heavy (non-hydrogen) atoms. The van der Waals surface area contributed by atoms with Gasteiger partial charge in [0.15, 0.2) is 0 Å². The van der Waals surface area contributed by atoms with Crippen molar-refractivity contribution in [2.24, 2.45) is 5.92 Å². The quantitative estimate of drug-likeness (QED) is 0.524. The minimum atomic E-state index is -2.16. The molecule has 0 aliphatic heterocycles. The Kier molecular flexibility index (Phi) is 13.0. The largest absolute Gasteiger partial charge is 0.768 e. The summed E-state index contributed by atoms with van der Waals surface area (Å²) in [6.07, 6.45) is 6.94. The fraction of sp³-hybridized carbons (Fsp3) is 0.571. The second kappa shape index (κ2) is 11.8. The molecule has 0 amide bonds. The lowest BCUT2D eigenvalue weighted by Gasteiger charge is -2.11. The van der Waals surface area contributed by atoms with Gasteiger partial charge in [0.1, 0.15) is 0 Å². The van der Waals surface area contributed by atoms with E-state index in [0.717, 1.165) is 18.4 Å². The van der Waals surface area contributed by atoms with Crippen molar-refractivity contribution in [2.45, 2.75) is 47.5 Å². The van der Waals surface area contributed by atoms with Crippen molar-refractivity contribution in [3.05, 3.63) is 35.3 Å². The summed E-state index contributed by atoms with van der Waals surface area (Å²) < 4.78 is 21.6. The minimum Gasteiger partial charge on any atom is -0.768 e. The molecule has 0 heterocycles. The normalized spacial score (nSPS) is 15.6. The van der Waals surface area contributed by atoms with Gasteiger partial charge in [-0.25, -0.2) is 0 Å². The zero-order valence-electron chi connectivity index (χ0n) is 11.7. The number of allylic oxidation sites excluding steroid dienone is 4. The molecule has 0 aliphatic carbocycles. The van der Waals surface area contributed by atoms with E-state index >= 15 is 0 Å². The molecule has 2 atom stereocenters. The maximum Gasteiger partial charge on any atom is 0.0208 e. The third-order valence-electron chi connectivity index (χ3n) is 2.35. The molecule has 0 N–H and O–H groups in total. The third-order valence-corrected chi connectivity index (χ3v) is 3.09. The summed E-state index contributed by atoms with van der Waals surface area (Å²) in [6.45, 7) is 13.7. The van der Waals surface area contributed by atoms with E-state index in [-0.39, 0.29) is 0 Å². The molecule has 0 spiro atoms. The Bertz CT molecular complexity index is 291. The van der Waals surface area contributed by atoms with E-state index in [0.29, 0.717) is 10.8 Å². The van der Waals surface area contributed by atoms with Gasteiger partial charge >= 0.3 is 0 Å². The second-order valence-electron chi connectivity index (χ2n) is 3.57. The van der Waals surface area contributed by atoms with Gasteiger partial charge in [0, 0.05) is 4.91 Å². The van der Waals surface area contributed by atoms with Crippen LogP contribution in [0.1, 0.15) is 47.5 Å². The Balaban J connectivity index is 0. The molecule has 0 saturated carbocycles. The third kappa shape index (κ3) is 9.07. The predicted molar refractivity (Wildman–Crippen MR) is 76.4 cm³/mol. The van der Waals surface area contributed by atoms with Gasteiger partial charge in [-0.3, -0.25) is 4.21 Å². The van der Waals surface area contributed by atoms with Crippen molar-refractivity contribution in [2.75, 3.05) is 0 Å². The summed E-state index contributed by atoms with van der Waals surface area (Å²) in [5.41, 5.74) is 0.974. The fourth-order valence-electron chi connectivity index (χ4n) is 1.16. The molecule has 100 valence electrons. The molecule has 0 saturated heterocycles. The van der Waals surface area contributed by atoms with Crippen LogP contribution < -0.4 is 0 Å². The summed E-state index contributed by atoms with van der Waals surface area (Å²) in [5.74, 6) is 0.549. The number of rotatable bonds is 6. The zero-order valence-corrected chi connectivity index (χ0v) is 12.5. The Hall–Kier alpha value is -0.670. The fourth-order valence-corrected chi connectivity index (χ4v) is 1.60. The summed E-state index contributed by atoms with van der Waals surface area (Å²) in [6, 6.07) is 0. The number of hydrogen-bond donors (Lipinski definition) is 0. The highest BCUT2D eigenvalue weighted by Crippen LogP contribution is 2.17. The van der Waals surface area contributed by atoms with Crippen LogP contribution in [0, 0.1) is 5.92 Å². The molecule has 0 fully saturated rings. The molecule has 0 aromatic carbocycles. The van der Waals surface area contributed by atoms with Crippen LogP contribution in [-0.2, 0) is 11.1 Å². The van der Waals surface area contributed by atoms with E-state index in [2.05, 4.69) is 20.4 Å². The van der Waals surface area contributed by atoms with Gasteiger partial charge in [-0.2, -0.15) is 0 Å². The molecule has 0 aromatic heterocycles. The molecule has 0 rings (SSSR count). The van der Waals surface area contributed by atoms with E-state index in [1.165, 1.54) is 0 Å². The van der Waals surface area contributed by atoms with Crippen molar-refractivity contribution in [3.8, 4) is 0 Å². The van der Waals surface area contributed by atoms with Gasteiger partial charge in [0.2, 0.25) is 0 Å². The summed E-state index contributed by atoms with van der Waals surface area (Å²) in [5, 5.41) is 0. The molecule has 0 aromatic rings. The van der Waals surface area contributed by atoms with Gasteiger partial charge < -0.3 is 4.55 Å². The highest BCUT2D eigenvalue weighted by Gasteiger charge is 2.02. The van der Waals surface area contributed by atoms with Crippen molar-refractivity contribution in [1.29, 1.82) is 0 Å². The average molecular weight is 257 g/mol. The molecule has 0 radical (unpaired) electrons. The van der Waals surface area contributed by atoms with E-state index in [9.17, 15) is 8.76 Å². The van der Waals surface area contributed by atoms with Crippen LogP contribution in [0.15, 0.2) is 35.3 Å². The Morgan fingerprint density at radius 1 is 1.47 bits per heavy atom. The monoisotopic (exact) mass is 257 g/mol. The van der Waals surface area contributed by atoms with Gasteiger partial charge in [-0.15, -0.1) is 0 Å². The van der Waals surface area contributed by atoms with Gasteiger partial charge in [-0.05, 0) is 42.0 Å². The van der Waals surface area contributed by atoms with Crippen molar-refractivity contribution < 1.29 is 8.76 Å². The topological polar surface area (TPSA) is 40.1 Å². The molecular formula is C14H25O2S-. The van der Waals surface area contributed by atoms with Crippen LogP contribution >= 0.6 is 0 Å². The Morgan fingerprint density at radius 3 is 2.29 bits per heavy atom. The van der Waals surface area contributed by atoms with Gasteiger partial charge in [0.05, 0.1) is 0 Å². The van der Waals surface area contributed by atoms with Crippen LogP contribution in [0.4, 0.5) is 0 Å². The molecular weight excluding hydrogens is 232 g/mol. The Labute approximate surface area is 109 Å². The number of hydrogen-bond acceptors (Lipinski definition) is 2. The van der Waals surface area contributed by atoms with Crippen LogP contribution in [0.3, 0.4) is 0 Å². The van der Waals surface area contributed by atoms with Crippen LogP contribution in [0.2, 0.25) is 0 Å².